The number of rotatable bonds is 4. The van der Waals surface area contributed by atoms with Crippen LogP contribution in [-0.4, -0.2) is 32.4 Å². The first-order valence-corrected chi connectivity index (χ1v) is 8.81. The van der Waals surface area contributed by atoms with Crippen molar-refractivity contribution in [3.8, 4) is 0 Å². The molecule has 0 aliphatic heterocycles. The molecular formula is C16H13ClF3N5OS. The van der Waals surface area contributed by atoms with Crippen LogP contribution in [0.4, 0.5) is 13.2 Å². The van der Waals surface area contributed by atoms with Crippen molar-refractivity contribution in [2.75, 3.05) is 7.05 Å². The molecule has 0 aliphatic rings. The summed E-state index contributed by atoms with van der Waals surface area (Å²) >= 11 is 7.13. The quantitative estimate of drug-likeness (QED) is 0.610. The van der Waals surface area contributed by atoms with E-state index in [0.29, 0.717) is 10.7 Å². The van der Waals surface area contributed by atoms with Crippen LogP contribution in [0.3, 0.4) is 0 Å². The van der Waals surface area contributed by atoms with E-state index in [0.717, 1.165) is 15.6 Å². The monoisotopic (exact) mass is 415 g/mol. The van der Waals surface area contributed by atoms with E-state index < -0.39 is 11.9 Å². The van der Waals surface area contributed by atoms with Gasteiger partial charge in [0.25, 0.3) is 5.56 Å². The van der Waals surface area contributed by atoms with E-state index in [1.165, 1.54) is 21.8 Å². The zero-order valence-corrected chi connectivity index (χ0v) is 15.7. The van der Waals surface area contributed by atoms with Gasteiger partial charge in [0.05, 0.1) is 17.9 Å². The van der Waals surface area contributed by atoms with Crippen molar-refractivity contribution in [3.05, 3.63) is 55.7 Å². The normalized spacial score (nSPS) is 12.8. The Bertz CT molecular complexity index is 1110. The molecule has 0 bridgehead atoms. The fourth-order valence-corrected chi connectivity index (χ4v) is 3.61. The van der Waals surface area contributed by atoms with Crippen LogP contribution in [0.25, 0.3) is 11.0 Å². The van der Waals surface area contributed by atoms with Crippen LogP contribution in [0.15, 0.2) is 28.0 Å². The number of allylic oxidation sites excluding steroid dienone is 1. The van der Waals surface area contributed by atoms with Gasteiger partial charge in [-0.3, -0.25) is 14.2 Å². The third-order valence-electron chi connectivity index (χ3n) is 3.61. The molecule has 0 atom stereocenters. The van der Waals surface area contributed by atoms with Crippen molar-refractivity contribution >= 4 is 40.2 Å². The lowest BCUT2D eigenvalue weighted by Gasteiger charge is -2.04. The van der Waals surface area contributed by atoms with Crippen molar-refractivity contribution in [1.82, 2.24) is 19.2 Å². The first-order chi connectivity index (χ1) is 12.7. The molecule has 3 aromatic rings. The third-order valence-corrected chi connectivity index (χ3v) is 4.89. The van der Waals surface area contributed by atoms with Crippen LogP contribution in [0.5, 0.6) is 0 Å². The number of aromatic nitrogens is 4. The standard InChI is InChI=1S/C16H13ClF3N5OS/c1-9-11(4-3-5-21-2)25-14(26)6-10(22-15(25)27-9)8-24-13(17)7-12(23-24)16(18,19)20/h3-7H,8H2,1-2H3/b4-3-,21-5?. The molecule has 0 aromatic carbocycles. The summed E-state index contributed by atoms with van der Waals surface area (Å²) in [7, 11) is 1.63. The number of halogens is 4. The number of thiazole rings is 1. The average molecular weight is 416 g/mol. The average Bonchev–Trinajstić information content (AvgIpc) is 3.08. The second kappa shape index (κ2) is 7.28. The SMILES string of the molecule is CN=C/C=C\c1c(C)sc2nc(Cn3nc(C(F)(F)F)cc3Cl)cc(=O)n12. The summed E-state index contributed by atoms with van der Waals surface area (Å²) in [6.07, 6.45) is 0.443. The van der Waals surface area contributed by atoms with Gasteiger partial charge in [0, 0.05) is 30.3 Å². The topological polar surface area (TPSA) is 64.5 Å². The summed E-state index contributed by atoms with van der Waals surface area (Å²) < 4.78 is 40.6. The Hall–Kier alpha value is -2.46. The Kier molecular flexibility index (Phi) is 5.20. The molecule has 0 spiro atoms. The predicted octanol–water partition coefficient (Wildman–Crippen LogP) is 3.70. The Morgan fingerprint density at radius 2 is 2.11 bits per heavy atom. The summed E-state index contributed by atoms with van der Waals surface area (Å²) in [4.78, 5) is 22.0. The zero-order valence-electron chi connectivity index (χ0n) is 14.2. The molecule has 0 amide bonds. The van der Waals surface area contributed by atoms with Crippen molar-refractivity contribution < 1.29 is 13.2 Å². The molecule has 11 heteroatoms. The molecule has 0 fully saturated rings. The molecule has 0 saturated heterocycles. The van der Waals surface area contributed by atoms with Gasteiger partial charge in [0.15, 0.2) is 10.7 Å². The minimum Gasteiger partial charge on any atom is -0.297 e. The molecule has 0 saturated carbocycles. The van der Waals surface area contributed by atoms with E-state index >= 15 is 0 Å². The van der Waals surface area contributed by atoms with Gasteiger partial charge >= 0.3 is 6.18 Å². The van der Waals surface area contributed by atoms with Gasteiger partial charge in [-0.2, -0.15) is 18.3 Å². The summed E-state index contributed by atoms with van der Waals surface area (Å²) in [6, 6.07) is 2.00. The molecular weight excluding hydrogens is 403 g/mol. The maximum atomic E-state index is 12.7. The highest BCUT2D eigenvalue weighted by Gasteiger charge is 2.34. The molecule has 0 radical (unpaired) electrons. The summed E-state index contributed by atoms with van der Waals surface area (Å²) in [5, 5.41) is 3.26. The number of fused-ring (bicyclic) bond motifs is 1. The van der Waals surface area contributed by atoms with Crippen LogP contribution >= 0.6 is 22.9 Å². The van der Waals surface area contributed by atoms with E-state index in [2.05, 4.69) is 15.1 Å². The van der Waals surface area contributed by atoms with Crippen molar-refractivity contribution in [2.45, 2.75) is 19.6 Å². The molecule has 0 unspecified atom stereocenters. The lowest BCUT2D eigenvalue weighted by molar-refractivity contribution is -0.141. The third kappa shape index (κ3) is 3.96. The first kappa shape index (κ1) is 19.3. The number of aliphatic imine (C=N–C) groups is 1. The van der Waals surface area contributed by atoms with Gasteiger partial charge in [-0.15, -0.1) is 11.3 Å². The number of hydrogen-bond donors (Lipinski definition) is 0. The first-order valence-electron chi connectivity index (χ1n) is 7.62. The van der Waals surface area contributed by atoms with Crippen LogP contribution < -0.4 is 5.56 Å². The molecule has 3 rings (SSSR count). The largest absolute Gasteiger partial charge is 0.435 e. The molecule has 27 heavy (non-hydrogen) atoms. The van der Waals surface area contributed by atoms with Gasteiger partial charge in [-0.25, -0.2) is 9.67 Å². The highest BCUT2D eigenvalue weighted by Crippen LogP contribution is 2.30. The van der Waals surface area contributed by atoms with Crippen LogP contribution in [0, 0.1) is 6.92 Å². The van der Waals surface area contributed by atoms with Crippen molar-refractivity contribution in [2.24, 2.45) is 4.99 Å². The van der Waals surface area contributed by atoms with Crippen molar-refractivity contribution in [3.63, 3.8) is 0 Å². The number of hydrogen-bond acceptors (Lipinski definition) is 5. The maximum absolute atomic E-state index is 12.7. The Morgan fingerprint density at radius 3 is 2.74 bits per heavy atom. The minimum absolute atomic E-state index is 0.148. The van der Waals surface area contributed by atoms with Crippen molar-refractivity contribution in [1.29, 1.82) is 0 Å². The summed E-state index contributed by atoms with van der Waals surface area (Å²) in [5.41, 5.74) is -0.491. The van der Waals surface area contributed by atoms with Crippen LogP contribution in [0.1, 0.15) is 22.0 Å². The lowest BCUT2D eigenvalue weighted by Crippen LogP contribution is -2.17. The number of aryl methyl sites for hydroxylation is 1. The van der Waals surface area contributed by atoms with Gasteiger partial charge in [-0.1, -0.05) is 11.6 Å². The molecule has 0 aliphatic carbocycles. The molecule has 3 aromatic heterocycles. The Morgan fingerprint density at radius 1 is 1.37 bits per heavy atom. The van der Waals surface area contributed by atoms with Gasteiger partial charge in [0.1, 0.15) is 5.15 Å². The van der Waals surface area contributed by atoms with E-state index in [1.54, 1.807) is 25.4 Å². The second-order valence-corrected chi connectivity index (χ2v) is 7.09. The van der Waals surface area contributed by atoms with Gasteiger partial charge in [0.2, 0.25) is 0 Å². The molecule has 142 valence electrons. The molecule has 6 nitrogen and oxygen atoms in total. The highest BCUT2D eigenvalue weighted by atomic mass is 35.5. The molecule has 0 N–H and O–H groups in total. The highest BCUT2D eigenvalue weighted by molar-refractivity contribution is 7.17. The zero-order chi connectivity index (χ0) is 19.8. The number of nitrogens with zero attached hydrogens (tertiary/aromatic N) is 5. The van der Waals surface area contributed by atoms with E-state index in [9.17, 15) is 18.0 Å². The molecule has 3 heterocycles. The lowest BCUT2D eigenvalue weighted by atomic mass is 10.3. The van der Waals surface area contributed by atoms with E-state index in [1.807, 2.05) is 6.92 Å². The van der Waals surface area contributed by atoms with Crippen LogP contribution in [0.2, 0.25) is 5.15 Å². The number of alkyl halides is 3. The minimum atomic E-state index is -4.60. The van der Waals surface area contributed by atoms with Gasteiger partial charge < -0.3 is 0 Å². The van der Waals surface area contributed by atoms with E-state index in [4.69, 9.17) is 11.6 Å². The van der Waals surface area contributed by atoms with Crippen LogP contribution in [-0.2, 0) is 12.7 Å². The fraction of sp³-hybridized carbons (Fsp3) is 0.250. The Balaban J connectivity index is 2.01. The Labute approximate surface area is 160 Å². The van der Waals surface area contributed by atoms with E-state index in [-0.39, 0.29) is 23.0 Å². The second-order valence-electron chi connectivity index (χ2n) is 5.52. The van der Waals surface area contributed by atoms with Gasteiger partial charge in [-0.05, 0) is 19.1 Å². The predicted molar refractivity (Wildman–Crippen MR) is 98.9 cm³/mol. The summed E-state index contributed by atoms with van der Waals surface area (Å²) in [5.74, 6) is 0. The smallest absolute Gasteiger partial charge is 0.297 e. The summed E-state index contributed by atoms with van der Waals surface area (Å²) in [6.45, 7) is 1.70. The fourth-order valence-electron chi connectivity index (χ4n) is 2.43. The maximum Gasteiger partial charge on any atom is 0.435 e.